The van der Waals surface area contributed by atoms with Crippen LogP contribution in [0, 0.1) is 11.7 Å². The fraction of sp³-hybridized carbons (Fsp3) is 0.318. The Morgan fingerprint density at radius 3 is 2.58 bits per heavy atom. The topological polar surface area (TPSA) is 72.5 Å². The zero-order chi connectivity index (χ0) is 21.5. The zero-order valence-electron chi connectivity index (χ0n) is 16.7. The van der Waals surface area contributed by atoms with Gasteiger partial charge in [-0.1, -0.05) is 17.7 Å². The summed E-state index contributed by atoms with van der Waals surface area (Å²) >= 11 is 5.96. The average molecular weight is 442 g/mol. The molecule has 9 heteroatoms. The summed E-state index contributed by atoms with van der Waals surface area (Å²) in [4.78, 5) is 31.2. The predicted octanol–water partition coefficient (Wildman–Crippen LogP) is 3.06. The molecule has 2 aliphatic heterocycles. The number of rotatable bonds is 3. The summed E-state index contributed by atoms with van der Waals surface area (Å²) in [5, 5.41) is 7.88. The first-order chi connectivity index (χ1) is 15.0. The van der Waals surface area contributed by atoms with Gasteiger partial charge < -0.3 is 9.80 Å². The lowest BCUT2D eigenvalue weighted by Crippen LogP contribution is -2.50. The molecule has 1 N–H and O–H groups in total. The van der Waals surface area contributed by atoms with Crippen LogP contribution in [0.5, 0.6) is 0 Å². The van der Waals surface area contributed by atoms with E-state index in [0.717, 1.165) is 5.69 Å². The second kappa shape index (κ2) is 7.85. The lowest BCUT2D eigenvalue weighted by atomic mass is 10.1. The van der Waals surface area contributed by atoms with Crippen molar-refractivity contribution in [3.63, 3.8) is 0 Å². The van der Waals surface area contributed by atoms with Crippen LogP contribution in [0.3, 0.4) is 0 Å². The number of piperazine rings is 1. The van der Waals surface area contributed by atoms with E-state index in [2.05, 4.69) is 15.1 Å². The summed E-state index contributed by atoms with van der Waals surface area (Å²) in [7, 11) is 0. The van der Waals surface area contributed by atoms with Crippen molar-refractivity contribution in [3.8, 4) is 0 Å². The standard InChI is InChI=1S/C22H21ClFN5O2/c23-15-4-6-16(7-5-15)27-8-10-28(11-9-27)22(31)14-12-19(30)29(13-14)21-20-17(24)2-1-3-18(20)25-26-21/h1-7,14H,8-13H2,(H,25,26). The van der Waals surface area contributed by atoms with E-state index in [0.29, 0.717) is 36.7 Å². The molecule has 5 rings (SSSR count). The van der Waals surface area contributed by atoms with Gasteiger partial charge in [-0.25, -0.2) is 4.39 Å². The number of fused-ring (bicyclic) bond motifs is 1. The van der Waals surface area contributed by atoms with E-state index in [4.69, 9.17) is 11.6 Å². The summed E-state index contributed by atoms with van der Waals surface area (Å²) in [5.41, 5.74) is 1.60. The number of carbonyl (C=O) groups excluding carboxylic acids is 2. The van der Waals surface area contributed by atoms with Crippen molar-refractivity contribution in [2.24, 2.45) is 5.92 Å². The summed E-state index contributed by atoms with van der Waals surface area (Å²) in [6.07, 6.45) is 0.110. The highest BCUT2D eigenvalue weighted by Crippen LogP contribution is 2.32. The third-order valence-corrected chi connectivity index (χ3v) is 6.28. The predicted molar refractivity (Wildman–Crippen MR) is 117 cm³/mol. The molecule has 2 aromatic carbocycles. The van der Waals surface area contributed by atoms with E-state index >= 15 is 0 Å². The largest absolute Gasteiger partial charge is 0.368 e. The number of halogens is 2. The van der Waals surface area contributed by atoms with E-state index in [1.165, 1.54) is 11.0 Å². The van der Waals surface area contributed by atoms with Crippen molar-refractivity contribution in [3.05, 3.63) is 53.3 Å². The van der Waals surface area contributed by atoms with Gasteiger partial charge in [0, 0.05) is 49.9 Å². The average Bonchev–Trinajstić information content (AvgIpc) is 3.38. The van der Waals surface area contributed by atoms with Gasteiger partial charge in [-0.3, -0.25) is 19.6 Å². The molecule has 1 aromatic heterocycles. The van der Waals surface area contributed by atoms with Gasteiger partial charge in [0.1, 0.15) is 5.82 Å². The fourth-order valence-electron chi connectivity index (χ4n) is 4.38. The van der Waals surface area contributed by atoms with E-state index in [-0.39, 0.29) is 36.0 Å². The fourth-order valence-corrected chi connectivity index (χ4v) is 4.51. The molecule has 2 fully saturated rings. The Bertz CT molecular complexity index is 1140. The van der Waals surface area contributed by atoms with Crippen LogP contribution in [0.25, 0.3) is 10.9 Å². The summed E-state index contributed by atoms with van der Waals surface area (Å²) in [6.45, 7) is 2.82. The molecule has 0 aliphatic carbocycles. The molecule has 31 heavy (non-hydrogen) atoms. The van der Waals surface area contributed by atoms with Crippen molar-refractivity contribution >= 4 is 45.8 Å². The second-order valence-corrected chi connectivity index (χ2v) is 8.34. The van der Waals surface area contributed by atoms with Crippen LogP contribution in [-0.4, -0.2) is 59.6 Å². The van der Waals surface area contributed by atoms with Gasteiger partial charge in [-0.05, 0) is 36.4 Å². The number of anilines is 2. The van der Waals surface area contributed by atoms with Gasteiger partial charge in [-0.2, -0.15) is 5.10 Å². The molecule has 2 amide bonds. The summed E-state index contributed by atoms with van der Waals surface area (Å²) in [6, 6.07) is 12.3. The third-order valence-electron chi connectivity index (χ3n) is 6.03. The van der Waals surface area contributed by atoms with Crippen molar-refractivity contribution in [2.75, 3.05) is 42.5 Å². The first kappa shape index (κ1) is 19.8. The van der Waals surface area contributed by atoms with Crippen molar-refractivity contribution in [2.45, 2.75) is 6.42 Å². The molecule has 0 radical (unpaired) electrons. The Labute approximate surface area is 183 Å². The van der Waals surface area contributed by atoms with E-state index in [9.17, 15) is 14.0 Å². The number of nitrogens with one attached hydrogen (secondary N) is 1. The van der Waals surface area contributed by atoms with Crippen LogP contribution in [0.2, 0.25) is 5.02 Å². The normalized spacial score (nSPS) is 19.5. The highest BCUT2D eigenvalue weighted by molar-refractivity contribution is 6.30. The van der Waals surface area contributed by atoms with Gasteiger partial charge in [0.25, 0.3) is 0 Å². The zero-order valence-corrected chi connectivity index (χ0v) is 17.5. The molecule has 3 heterocycles. The molecular weight excluding hydrogens is 421 g/mol. The maximum atomic E-state index is 14.3. The number of hydrogen-bond acceptors (Lipinski definition) is 4. The van der Waals surface area contributed by atoms with Crippen molar-refractivity contribution < 1.29 is 14.0 Å². The number of H-pyrrole nitrogens is 1. The molecule has 2 saturated heterocycles. The molecular formula is C22H21ClFN5O2. The highest BCUT2D eigenvalue weighted by atomic mass is 35.5. The minimum atomic E-state index is -0.451. The second-order valence-electron chi connectivity index (χ2n) is 7.90. The maximum absolute atomic E-state index is 14.3. The molecule has 3 aromatic rings. The molecule has 2 aliphatic rings. The van der Waals surface area contributed by atoms with Crippen LogP contribution in [0.1, 0.15) is 6.42 Å². The number of aromatic amines is 1. The number of carbonyl (C=O) groups is 2. The lowest BCUT2D eigenvalue weighted by molar-refractivity contribution is -0.136. The van der Waals surface area contributed by atoms with Crippen molar-refractivity contribution in [1.29, 1.82) is 0 Å². The first-order valence-electron chi connectivity index (χ1n) is 10.2. The van der Waals surface area contributed by atoms with Crippen LogP contribution in [0.15, 0.2) is 42.5 Å². The highest BCUT2D eigenvalue weighted by Gasteiger charge is 2.39. The Morgan fingerprint density at radius 2 is 1.84 bits per heavy atom. The number of hydrogen-bond donors (Lipinski definition) is 1. The molecule has 1 unspecified atom stereocenters. The summed E-state index contributed by atoms with van der Waals surface area (Å²) < 4.78 is 14.3. The molecule has 7 nitrogen and oxygen atoms in total. The Morgan fingerprint density at radius 1 is 1.10 bits per heavy atom. The monoisotopic (exact) mass is 441 g/mol. The van der Waals surface area contributed by atoms with Crippen LogP contribution >= 0.6 is 11.6 Å². The minimum Gasteiger partial charge on any atom is -0.368 e. The minimum absolute atomic E-state index is 0.0353. The van der Waals surface area contributed by atoms with Gasteiger partial charge in [0.2, 0.25) is 11.8 Å². The third kappa shape index (κ3) is 3.61. The summed E-state index contributed by atoms with van der Waals surface area (Å²) in [5.74, 6) is -0.891. The maximum Gasteiger partial charge on any atom is 0.229 e. The van der Waals surface area contributed by atoms with Gasteiger partial charge in [0.05, 0.1) is 16.8 Å². The number of amides is 2. The van der Waals surface area contributed by atoms with Gasteiger partial charge in [0.15, 0.2) is 5.82 Å². The number of aromatic nitrogens is 2. The molecule has 0 spiro atoms. The number of benzene rings is 2. The SMILES string of the molecule is O=C(C1CC(=O)N(c2n[nH]c3cccc(F)c23)C1)N1CCN(c2ccc(Cl)cc2)CC1. The van der Waals surface area contributed by atoms with E-state index in [1.54, 1.807) is 12.1 Å². The van der Waals surface area contributed by atoms with Crippen LogP contribution in [-0.2, 0) is 9.59 Å². The van der Waals surface area contributed by atoms with Crippen LogP contribution < -0.4 is 9.80 Å². The Hall–Kier alpha value is -3.13. The Balaban J connectivity index is 1.26. The lowest BCUT2D eigenvalue weighted by Gasteiger charge is -2.37. The van der Waals surface area contributed by atoms with E-state index in [1.807, 2.05) is 29.2 Å². The van der Waals surface area contributed by atoms with Gasteiger partial charge in [-0.15, -0.1) is 0 Å². The molecule has 0 bridgehead atoms. The first-order valence-corrected chi connectivity index (χ1v) is 10.6. The smallest absolute Gasteiger partial charge is 0.229 e. The molecule has 1 atom stereocenters. The van der Waals surface area contributed by atoms with Crippen molar-refractivity contribution in [1.82, 2.24) is 15.1 Å². The quantitative estimate of drug-likeness (QED) is 0.678. The molecule has 160 valence electrons. The molecule has 0 saturated carbocycles. The Kier molecular flexibility index (Phi) is 5.02. The van der Waals surface area contributed by atoms with E-state index < -0.39 is 11.7 Å². The number of nitrogens with zero attached hydrogens (tertiary/aromatic N) is 4. The van der Waals surface area contributed by atoms with Gasteiger partial charge >= 0.3 is 0 Å². The van der Waals surface area contributed by atoms with Crippen LogP contribution in [0.4, 0.5) is 15.9 Å².